The van der Waals surface area contributed by atoms with Gasteiger partial charge in [-0.25, -0.2) is 0 Å². The number of fused-ring (bicyclic) bond motifs is 7. The molecule has 2 N–H and O–H groups in total. The Kier molecular flexibility index (Phi) is 12.3. The molecule has 0 spiro atoms. The Morgan fingerprint density at radius 1 is 0.949 bits per heavy atom. The summed E-state index contributed by atoms with van der Waals surface area (Å²) >= 11 is 6.19. The van der Waals surface area contributed by atoms with Crippen LogP contribution in [0.3, 0.4) is 0 Å². The Labute approximate surface area is 358 Å². The Morgan fingerprint density at radius 3 is 2.22 bits per heavy atom. The van der Waals surface area contributed by atoms with Gasteiger partial charge in [-0.3, -0.25) is 24.2 Å². The van der Waals surface area contributed by atoms with E-state index in [1.54, 1.807) is 31.0 Å². The molecule has 5 aliphatic rings. The number of amides is 1. The molecule has 0 unspecified atom stereocenters. The molecule has 10 nitrogen and oxygen atoms in total. The van der Waals surface area contributed by atoms with Crippen LogP contribution in [0.5, 0.6) is 0 Å². The molecule has 1 aromatic heterocycles. The number of ether oxygens (including phenoxy) is 1. The maximum atomic E-state index is 14.4. The molecule has 0 bridgehead atoms. The second-order valence-electron chi connectivity index (χ2n) is 21.9. The molecule has 0 aromatic carbocycles. The fourth-order valence-corrected chi connectivity index (χ4v) is 14.0. The van der Waals surface area contributed by atoms with Crippen LogP contribution in [0, 0.1) is 56.2 Å². The number of aliphatic hydroxyl groups is 1. The van der Waals surface area contributed by atoms with E-state index in [1.807, 2.05) is 32.0 Å². The quantitative estimate of drug-likeness (QED) is 0.198. The summed E-state index contributed by atoms with van der Waals surface area (Å²) in [7, 11) is 3.73. The number of likely N-dealkylation sites (N-methyl/N-ethyl adjacent to an activating group) is 1. The average molecular weight is 839 g/mol. The van der Waals surface area contributed by atoms with E-state index in [1.165, 1.54) is 5.57 Å². The van der Waals surface area contributed by atoms with E-state index in [9.17, 15) is 29.4 Å². The molecular formula is C48H72ClN3O7. The van der Waals surface area contributed by atoms with E-state index in [-0.39, 0.29) is 77.2 Å². The van der Waals surface area contributed by atoms with Crippen LogP contribution in [0.25, 0.3) is 0 Å². The molecule has 328 valence electrons. The molecule has 1 aromatic rings. The lowest BCUT2D eigenvalue weighted by Crippen LogP contribution is -2.66. The van der Waals surface area contributed by atoms with Gasteiger partial charge in [0.05, 0.1) is 41.2 Å². The predicted octanol–water partition coefficient (Wildman–Crippen LogP) is 8.94. The van der Waals surface area contributed by atoms with Crippen molar-refractivity contribution in [1.29, 1.82) is 0 Å². The maximum absolute atomic E-state index is 14.4. The number of aromatic nitrogens is 1. The first-order chi connectivity index (χ1) is 27.3. The number of nitrogens with zero attached hydrogens (tertiary/aromatic N) is 3. The number of allylic oxidation sites excluding steroid dienone is 1. The van der Waals surface area contributed by atoms with Crippen molar-refractivity contribution in [3.8, 4) is 0 Å². The van der Waals surface area contributed by atoms with E-state index < -0.39 is 34.9 Å². The monoisotopic (exact) mass is 838 g/mol. The first-order valence-corrected chi connectivity index (χ1v) is 22.6. The molecule has 0 aliphatic heterocycles. The Hall–Kier alpha value is -2.82. The van der Waals surface area contributed by atoms with Crippen molar-refractivity contribution >= 4 is 35.2 Å². The van der Waals surface area contributed by atoms with E-state index in [4.69, 9.17) is 16.3 Å². The van der Waals surface area contributed by atoms with Gasteiger partial charge >= 0.3 is 11.9 Å². The first kappa shape index (κ1) is 45.7. The molecule has 11 heteroatoms. The zero-order valence-electron chi connectivity index (χ0n) is 37.9. The smallest absolute Gasteiger partial charge is 0.309 e. The second-order valence-corrected chi connectivity index (χ2v) is 22.4. The lowest BCUT2D eigenvalue weighted by Gasteiger charge is -2.72. The number of esters is 1. The highest BCUT2D eigenvalue weighted by atomic mass is 35.5. The van der Waals surface area contributed by atoms with Crippen LogP contribution >= 0.6 is 11.6 Å². The van der Waals surface area contributed by atoms with Crippen molar-refractivity contribution in [2.75, 3.05) is 27.2 Å². The first-order valence-electron chi connectivity index (χ1n) is 22.2. The summed E-state index contributed by atoms with van der Waals surface area (Å²) in [5, 5.41) is 22.9. The van der Waals surface area contributed by atoms with Gasteiger partial charge in [-0.1, -0.05) is 65.6 Å². The Balaban J connectivity index is 1.31. The summed E-state index contributed by atoms with van der Waals surface area (Å²) in [5.41, 5.74) is 0.367. The zero-order valence-corrected chi connectivity index (χ0v) is 38.7. The van der Waals surface area contributed by atoms with Crippen LogP contribution in [0.2, 0.25) is 5.02 Å². The van der Waals surface area contributed by atoms with Gasteiger partial charge in [0.2, 0.25) is 5.91 Å². The van der Waals surface area contributed by atoms with Gasteiger partial charge in [0, 0.05) is 30.0 Å². The van der Waals surface area contributed by atoms with E-state index in [2.05, 4.69) is 53.5 Å². The fraction of sp³-hybridized carbons (Fsp3) is 0.771. The summed E-state index contributed by atoms with van der Waals surface area (Å²) in [6, 6.07) is 3.19. The number of rotatable bonds is 12. The van der Waals surface area contributed by atoms with Crippen LogP contribution < -0.4 is 0 Å². The van der Waals surface area contributed by atoms with Gasteiger partial charge in [-0.2, -0.15) is 0 Å². The predicted molar refractivity (Wildman–Crippen MR) is 229 cm³/mol. The molecule has 0 saturated heterocycles. The fourth-order valence-electron chi connectivity index (χ4n) is 13.9. The minimum Gasteiger partial charge on any atom is -0.481 e. The van der Waals surface area contributed by atoms with Crippen molar-refractivity contribution in [3.05, 3.63) is 40.2 Å². The topological polar surface area (TPSA) is 137 Å². The highest BCUT2D eigenvalue weighted by Crippen LogP contribution is 2.77. The Bertz CT molecular complexity index is 1860. The number of halogens is 1. The standard InChI is InChI=1S/C48H72ClN3O7/c1-28(2)40-33(53)23-48(36(54)26-52(38(55)27-51(11)12)29(3)32-15-13-30(49)25-50-32)22-21-46(9)31(41(40)48)14-16-35-45(8)19-18-37(59-39(56)24-43(4,5)42(57)58)44(6,7)34(45)17-20-47(35,46)10/h13,15,25,28-29,31,34-37,54H,14,16-24,26-27H2,1-12H3,(H,57,58)/t29-,31+,34-,35+,36-,37-,45-,46+,47+,48-/m0/s1. The third kappa shape index (κ3) is 7.51. The number of hydrogen-bond donors (Lipinski definition) is 2. The highest BCUT2D eigenvalue weighted by Gasteiger charge is 2.71. The van der Waals surface area contributed by atoms with E-state index >= 15 is 0 Å². The van der Waals surface area contributed by atoms with Gasteiger partial charge in [0.15, 0.2) is 5.78 Å². The summed E-state index contributed by atoms with van der Waals surface area (Å²) in [6.45, 7) is 21.6. The number of pyridine rings is 1. The number of carbonyl (C=O) groups excluding carboxylic acids is 3. The van der Waals surface area contributed by atoms with Crippen molar-refractivity contribution in [2.45, 2.75) is 152 Å². The van der Waals surface area contributed by atoms with Gasteiger partial charge < -0.3 is 24.7 Å². The molecule has 1 heterocycles. The number of ketones is 1. The summed E-state index contributed by atoms with van der Waals surface area (Å²) in [5.74, 6) is -0.546. The summed E-state index contributed by atoms with van der Waals surface area (Å²) in [6.07, 6.45) is 7.67. The van der Waals surface area contributed by atoms with Crippen LogP contribution in [0.4, 0.5) is 0 Å². The minimum absolute atomic E-state index is 0.00165. The number of carboxylic acids is 1. The van der Waals surface area contributed by atoms with Crippen molar-refractivity contribution in [1.82, 2.24) is 14.8 Å². The van der Waals surface area contributed by atoms with Crippen LogP contribution in [0.15, 0.2) is 29.5 Å². The van der Waals surface area contributed by atoms with E-state index in [0.29, 0.717) is 29.0 Å². The minimum atomic E-state index is -1.19. The average Bonchev–Trinajstić information content (AvgIpc) is 3.44. The SMILES string of the molecule is CC(C)C1=C2[C@H]3CC[C@@H]4[C@@]5(C)CC[C@H](OC(=O)CC(C)(C)C(=O)O)C(C)(C)[C@@H]5CC[C@@]4(C)[C@]3(C)CC[C@@]2([C@@H](O)CN(C(=O)CN(C)C)[C@@H](C)c2ccc(Cl)cn2)CC1=O. The number of aliphatic carboxylic acids is 1. The number of hydrogen-bond acceptors (Lipinski definition) is 8. The summed E-state index contributed by atoms with van der Waals surface area (Å²) < 4.78 is 6.18. The number of carboxylic acid groups (broad SMARTS) is 1. The van der Waals surface area contributed by atoms with Crippen molar-refractivity contribution in [3.63, 3.8) is 0 Å². The summed E-state index contributed by atoms with van der Waals surface area (Å²) in [4.78, 5) is 61.5. The lowest BCUT2D eigenvalue weighted by atomic mass is 9.33. The number of Topliss-reactive ketones (excluding diaryl/α,β-unsaturated/α-hetero) is 1. The van der Waals surface area contributed by atoms with Crippen molar-refractivity contribution < 1.29 is 34.1 Å². The zero-order chi connectivity index (χ0) is 43.8. The van der Waals surface area contributed by atoms with E-state index in [0.717, 1.165) is 50.5 Å². The highest BCUT2D eigenvalue weighted by molar-refractivity contribution is 6.30. The normalized spacial score (nSPS) is 35.0. The van der Waals surface area contributed by atoms with Crippen LogP contribution in [0.1, 0.15) is 145 Å². The maximum Gasteiger partial charge on any atom is 0.309 e. The van der Waals surface area contributed by atoms with Crippen molar-refractivity contribution in [2.24, 2.45) is 56.2 Å². The van der Waals surface area contributed by atoms with Gasteiger partial charge in [-0.05, 0) is 144 Å². The molecule has 0 radical (unpaired) electrons. The Morgan fingerprint density at radius 2 is 1.63 bits per heavy atom. The molecule has 6 rings (SSSR count). The largest absolute Gasteiger partial charge is 0.481 e. The number of carbonyl (C=O) groups is 4. The molecular weight excluding hydrogens is 766 g/mol. The number of aliphatic hydroxyl groups excluding tert-OH is 1. The molecule has 4 fully saturated rings. The van der Waals surface area contributed by atoms with Crippen LogP contribution in [-0.2, 0) is 23.9 Å². The van der Waals surface area contributed by atoms with Gasteiger partial charge in [-0.15, -0.1) is 0 Å². The van der Waals surface area contributed by atoms with Gasteiger partial charge in [0.25, 0.3) is 0 Å². The third-order valence-electron chi connectivity index (χ3n) is 17.3. The van der Waals surface area contributed by atoms with Crippen LogP contribution in [-0.4, -0.2) is 88.0 Å². The molecule has 10 atom stereocenters. The second kappa shape index (κ2) is 15.8. The van der Waals surface area contributed by atoms with Gasteiger partial charge in [0.1, 0.15) is 6.10 Å². The third-order valence-corrected chi connectivity index (χ3v) is 17.5. The molecule has 59 heavy (non-hydrogen) atoms. The molecule has 4 saturated carbocycles. The molecule has 1 amide bonds. The molecule has 5 aliphatic carbocycles. The lowest BCUT2D eigenvalue weighted by molar-refractivity contribution is -0.235.